The highest BCUT2D eigenvalue weighted by Gasteiger charge is 2.20. The summed E-state index contributed by atoms with van der Waals surface area (Å²) in [5.74, 6) is 0.710. The molecular formula is C18H19BrN4. The lowest BCUT2D eigenvalue weighted by molar-refractivity contribution is 0.211. The van der Waals surface area contributed by atoms with E-state index in [0.717, 1.165) is 36.9 Å². The van der Waals surface area contributed by atoms with Crippen LogP contribution in [0.1, 0.15) is 24.0 Å². The molecule has 0 spiro atoms. The molecule has 23 heavy (non-hydrogen) atoms. The van der Waals surface area contributed by atoms with Crippen LogP contribution in [0.15, 0.2) is 47.1 Å². The maximum absolute atomic E-state index is 9.13. The predicted octanol–water partition coefficient (Wildman–Crippen LogP) is 3.79. The van der Waals surface area contributed by atoms with Gasteiger partial charge in [-0.25, -0.2) is 4.98 Å². The zero-order valence-corrected chi connectivity index (χ0v) is 14.5. The molecule has 2 heterocycles. The van der Waals surface area contributed by atoms with Crippen LogP contribution in [0.3, 0.4) is 0 Å². The third kappa shape index (κ3) is 4.31. The Balaban J connectivity index is 1.52. The van der Waals surface area contributed by atoms with E-state index in [1.165, 1.54) is 5.56 Å². The molecule has 0 bridgehead atoms. The molecule has 1 aliphatic rings. The molecule has 0 amide bonds. The van der Waals surface area contributed by atoms with Gasteiger partial charge in [0.15, 0.2) is 0 Å². The first-order valence-electron chi connectivity index (χ1n) is 7.83. The van der Waals surface area contributed by atoms with E-state index in [1.54, 1.807) is 18.3 Å². The van der Waals surface area contributed by atoms with Crippen molar-refractivity contribution < 1.29 is 0 Å². The molecule has 0 saturated carbocycles. The molecule has 2 aromatic rings. The van der Waals surface area contributed by atoms with E-state index in [9.17, 15) is 0 Å². The number of rotatable bonds is 4. The van der Waals surface area contributed by atoms with Crippen LogP contribution in [0.4, 0.5) is 5.82 Å². The smallest absolute Gasteiger partial charge is 0.144 e. The molecular weight excluding hydrogens is 352 g/mol. The monoisotopic (exact) mass is 370 g/mol. The number of nitrogens with one attached hydrogen (secondary N) is 1. The Hall–Kier alpha value is -1.90. The molecule has 4 nitrogen and oxygen atoms in total. The lowest BCUT2D eigenvalue weighted by Crippen LogP contribution is -2.38. The van der Waals surface area contributed by atoms with Gasteiger partial charge >= 0.3 is 0 Å². The van der Waals surface area contributed by atoms with E-state index >= 15 is 0 Å². The van der Waals surface area contributed by atoms with Gasteiger partial charge in [0.05, 0.1) is 5.56 Å². The number of nitriles is 1. The molecule has 0 atom stereocenters. The fraction of sp³-hybridized carbons (Fsp3) is 0.333. The Morgan fingerprint density at radius 3 is 2.65 bits per heavy atom. The molecule has 1 N–H and O–H groups in total. The molecule has 0 unspecified atom stereocenters. The molecule has 0 radical (unpaired) electrons. The molecule has 5 heteroatoms. The molecule has 1 aliphatic heterocycles. The summed E-state index contributed by atoms with van der Waals surface area (Å²) in [6, 6.07) is 14.7. The first-order chi connectivity index (χ1) is 11.2. The molecule has 3 rings (SSSR count). The highest BCUT2D eigenvalue weighted by atomic mass is 79.9. The van der Waals surface area contributed by atoms with Crippen LogP contribution in [0.25, 0.3) is 0 Å². The topological polar surface area (TPSA) is 52.0 Å². The van der Waals surface area contributed by atoms with E-state index in [-0.39, 0.29) is 0 Å². The van der Waals surface area contributed by atoms with Gasteiger partial charge in [0.1, 0.15) is 11.9 Å². The second-order valence-electron chi connectivity index (χ2n) is 5.83. The summed E-state index contributed by atoms with van der Waals surface area (Å²) in [5, 5.41) is 12.6. The summed E-state index contributed by atoms with van der Waals surface area (Å²) < 4.78 is 1.12. The fourth-order valence-corrected chi connectivity index (χ4v) is 3.15. The lowest BCUT2D eigenvalue weighted by Gasteiger charge is -2.32. The van der Waals surface area contributed by atoms with Crippen LogP contribution in [-0.2, 0) is 6.54 Å². The van der Waals surface area contributed by atoms with Crippen molar-refractivity contribution in [3.63, 3.8) is 0 Å². The first kappa shape index (κ1) is 16.0. The predicted molar refractivity (Wildman–Crippen MR) is 95.0 cm³/mol. The van der Waals surface area contributed by atoms with Gasteiger partial charge in [0.25, 0.3) is 0 Å². The number of nitrogens with zero attached hydrogens (tertiary/aromatic N) is 3. The zero-order chi connectivity index (χ0) is 16.1. The van der Waals surface area contributed by atoms with Crippen molar-refractivity contribution in [2.45, 2.75) is 25.4 Å². The molecule has 1 fully saturated rings. The summed E-state index contributed by atoms with van der Waals surface area (Å²) in [4.78, 5) is 6.76. The average Bonchev–Trinajstić information content (AvgIpc) is 2.59. The number of aromatic nitrogens is 1. The van der Waals surface area contributed by atoms with Crippen LogP contribution < -0.4 is 5.32 Å². The third-order valence-electron chi connectivity index (χ3n) is 4.18. The maximum Gasteiger partial charge on any atom is 0.144 e. The number of piperidine rings is 1. The maximum atomic E-state index is 9.13. The Morgan fingerprint density at radius 1 is 1.22 bits per heavy atom. The summed E-state index contributed by atoms with van der Waals surface area (Å²) in [6.07, 6.45) is 3.86. The van der Waals surface area contributed by atoms with Crippen molar-refractivity contribution in [1.29, 1.82) is 5.26 Å². The van der Waals surface area contributed by atoms with Crippen molar-refractivity contribution in [2.75, 3.05) is 18.4 Å². The van der Waals surface area contributed by atoms with Crippen LogP contribution in [0, 0.1) is 11.3 Å². The molecule has 118 valence electrons. The Morgan fingerprint density at radius 2 is 1.96 bits per heavy atom. The number of anilines is 1. The minimum Gasteiger partial charge on any atom is -0.366 e. The van der Waals surface area contributed by atoms with Gasteiger partial charge in [-0.3, -0.25) is 4.90 Å². The molecule has 0 aliphatic carbocycles. The highest BCUT2D eigenvalue weighted by molar-refractivity contribution is 9.10. The van der Waals surface area contributed by atoms with Gasteiger partial charge in [-0.1, -0.05) is 28.1 Å². The molecule has 1 saturated heterocycles. The minimum absolute atomic E-state index is 0.387. The van der Waals surface area contributed by atoms with Gasteiger partial charge in [-0.2, -0.15) is 5.26 Å². The Labute approximate surface area is 145 Å². The number of pyridine rings is 1. The SMILES string of the molecule is N#Cc1cccnc1NC1CCN(Cc2ccc(Br)cc2)CC1. The zero-order valence-electron chi connectivity index (χ0n) is 12.9. The summed E-state index contributed by atoms with van der Waals surface area (Å²) in [7, 11) is 0. The van der Waals surface area contributed by atoms with Gasteiger partial charge < -0.3 is 5.32 Å². The molecule has 1 aromatic heterocycles. The van der Waals surface area contributed by atoms with Crippen LogP contribution in [-0.4, -0.2) is 29.0 Å². The normalized spacial score (nSPS) is 16.0. The standard InChI is InChI=1S/C18H19BrN4/c19-16-5-3-14(4-6-16)13-23-10-7-17(8-11-23)22-18-15(12-20)2-1-9-21-18/h1-6,9,17H,7-8,10-11,13H2,(H,21,22). The van der Waals surface area contributed by atoms with Crippen LogP contribution in [0.5, 0.6) is 0 Å². The lowest BCUT2D eigenvalue weighted by atomic mass is 10.0. The van der Waals surface area contributed by atoms with Crippen LogP contribution >= 0.6 is 15.9 Å². The van der Waals surface area contributed by atoms with Gasteiger partial charge in [0, 0.05) is 36.3 Å². The summed E-state index contributed by atoms with van der Waals surface area (Å²) >= 11 is 3.47. The van der Waals surface area contributed by atoms with Gasteiger partial charge in [-0.05, 0) is 42.7 Å². The number of hydrogen-bond donors (Lipinski definition) is 1. The summed E-state index contributed by atoms with van der Waals surface area (Å²) in [6.45, 7) is 3.11. The minimum atomic E-state index is 0.387. The second kappa shape index (κ2) is 7.58. The van der Waals surface area contributed by atoms with Gasteiger partial charge in [0.2, 0.25) is 0 Å². The van der Waals surface area contributed by atoms with Crippen molar-refractivity contribution in [1.82, 2.24) is 9.88 Å². The van der Waals surface area contributed by atoms with E-state index in [1.807, 2.05) is 0 Å². The van der Waals surface area contributed by atoms with E-state index < -0.39 is 0 Å². The third-order valence-corrected chi connectivity index (χ3v) is 4.70. The number of likely N-dealkylation sites (tertiary alicyclic amines) is 1. The number of hydrogen-bond acceptors (Lipinski definition) is 4. The van der Waals surface area contributed by atoms with Crippen molar-refractivity contribution in [3.8, 4) is 6.07 Å². The first-order valence-corrected chi connectivity index (χ1v) is 8.62. The van der Waals surface area contributed by atoms with Crippen LogP contribution in [0.2, 0.25) is 0 Å². The largest absolute Gasteiger partial charge is 0.366 e. The number of halogens is 1. The Bertz CT molecular complexity index is 685. The van der Waals surface area contributed by atoms with E-state index in [2.05, 4.69) is 61.5 Å². The average molecular weight is 371 g/mol. The fourth-order valence-electron chi connectivity index (χ4n) is 2.89. The second-order valence-corrected chi connectivity index (χ2v) is 6.75. The van der Waals surface area contributed by atoms with E-state index in [4.69, 9.17) is 5.26 Å². The molecule has 1 aromatic carbocycles. The van der Waals surface area contributed by atoms with Crippen molar-refractivity contribution in [2.24, 2.45) is 0 Å². The van der Waals surface area contributed by atoms with Crippen molar-refractivity contribution >= 4 is 21.7 Å². The van der Waals surface area contributed by atoms with E-state index in [0.29, 0.717) is 17.4 Å². The summed E-state index contributed by atoms with van der Waals surface area (Å²) in [5.41, 5.74) is 1.96. The van der Waals surface area contributed by atoms with Gasteiger partial charge in [-0.15, -0.1) is 0 Å². The van der Waals surface area contributed by atoms with Crippen molar-refractivity contribution in [3.05, 3.63) is 58.2 Å². The highest BCUT2D eigenvalue weighted by Crippen LogP contribution is 2.19. The number of benzene rings is 1. The Kier molecular flexibility index (Phi) is 5.27. The quantitative estimate of drug-likeness (QED) is 0.889.